The van der Waals surface area contributed by atoms with Gasteiger partial charge in [-0.3, -0.25) is 5.32 Å². The van der Waals surface area contributed by atoms with E-state index in [1.165, 1.54) is 0 Å². The van der Waals surface area contributed by atoms with E-state index >= 15 is 0 Å². The number of para-hydroxylation sites is 1. The number of ether oxygens (including phenoxy) is 1. The molecule has 3 heteroatoms. The van der Waals surface area contributed by atoms with Gasteiger partial charge in [0.1, 0.15) is 5.60 Å². The zero-order chi connectivity index (χ0) is 11.2. The van der Waals surface area contributed by atoms with E-state index in [1.54, 1.807) is 0 Å². The Morgan fingerprint density at radius 1 is 1.31 bits per heavy atom. The van der Waals surface area contributed by atoms with Gasteiger partial charge in [-0.1, -0.05) is 18.2 Å². The Morgan fingerprint density at radius 2 is 2.06 bits per heavy atom. The van der Waals surface area contributed by atoms with Crippen LogP contribution in [0.15, 0.2) is 18.2 Å². The summed E-state index contributed by atoms with van der Waals surface area (Å²) in [7, 11) is 0. The number of aryl methyl sites for hydroxylation is 1. The van der Waals surface area contributed by atoms with Crippen molar-refractivity contribution in [2.45, 2.75) is 38.2 Å². The summed E-state index contributed by atoms with van der Waals surface area (Å²) >= 11 is 0. The second kappa shape index (κ2) is 3.24. The van der Waals surface area contributed by atoms with Gasteiger partial charge in [-0.15, -0.1) is 0 Å². The average Bonchev–Trinajstić information content (AvgIpc) is 2.69. The third kappa shape index (κ3) is 1.24. The molecule has 2 aliphatic rings. The number of amides is 1. The maximum Gasteiger partial charge on any atom is 0.412 e. The van der Waals surface area contributed by atoms with Crippen LogP contribution in [0.5, 0.6) is 0 Å². The van der Waals surface area contributed by atoms with E-state index in [2.05, 4.69) is 11.4 Å². The summed E-state index contributed by atoms with van der Waals surface area (Å²) in [4.78, 5) is 11.6. The number of carbonyl (C=O) groups is 1. The summed E-state index contributed by atoms with van der Waals surface area (Å²) in [5.41, 5.74) is 2.88. The molecular formula is C13H15NO2. The average molecular weight is 217 g/mol. The Balaban J connectivity index is 2.18. The number of fused-ring (bicyclic) bond motifs is 2. The largest absolute Gasteiger partial charge is 0.438 e. The van der Waals surface area contributed by atoms with Crippen molar-refractivity contribution in [2.24, 2.45) is 0 Å². The predicted octanol–water partition coefficient (Wildman–Crippen LogP) is 3.33. The van der Waals surface area contributed by atoms with Gasteiger partial charge in [-0.25, -0.2) is 4.79 Å². The van der Waals surface area contributed by atoms with Gasteiger partial charge >= 0.3 is 6.09 Å². The molecule has 1 N–H and O–H groups in total. The minimum atomic E-state index is -0.344. The molecule has 3 nitrogen and oxygen atoms in total. The van der Waals surface area contributed by atoms with Crippen molar-refractivity contribution in [1.29, 1.82) is 0 Å². The first-order valence-electron chi connectivity index (χ1n) is 5.81. The highest BCUT2D eigenvalue weighted by molar-refractivity contribution is 5.90. The van der Waals surface area contributed by atoms with Crippen molar-refractivity contribution in [1.82, 2.24) is 0 Å². The van der Waals surface area contributed by atoms with Crippen LogP contribution < -0.4 is 5.32 Å². The molecule has 1 spiro atoms. The summed E-state index contributed by atoms with van der Waals surface area (Å²) in [6.45, 7) is 2.02. The van der Waals surface area contributed by atoms with E-state index in [4.69, 9.17) is 4.74 Å². The number of nitrogens with one attached hydrogen (secondary N) is 1. The van der Waals surface area contributed by atoms with Crippen LogP contribution in [0.25, 0.3) is 0 Å². The zero-order valence-electron chi connectivity index (χ0n) is 9.38. The van der Waals surface area contributed by atoms with Crippen molar-refractivity contribution < 1.29 is 9.53 Å². The van der Waals surface area contributed by atoms with Crippen LogP contribution in [0.3, 0.4) is 0 Å². The Morgan fingerprint density at radius 3 is 2.81 bits per heavy atom. The lowest BCUT2D eigenvalue weighted by molar-refractivity contribution is 0.0169. The minimum Gasteiger partial charge on any atom is -0.438 e. The number of hydrogen-bond acceptors (Lipinski definition) is 2. The van der Waals surface area contributed by atoms with E-state index < -0.39 is 0 Å². The van der Waals surface area contributed by atoms with Gasteiger partial charge in [-0.2, -0.15) is 0 Å². The Kier molecular flexibility index (Phi) is 1.96. The molecule has 1 saturated carbocycles. The fourth-order valence-electron chi connectivity index (χ4n) is 2.89. The van der Waals surface area contributed by atoms with Gasteiger partial charge in [0.15, 0.2) is 0 Å². The predicted molar refractivity (Wildman–Crippen MR) is 61.4 cm³/mol. The first-order chi connectivity index (χ1) is 7.71. The Bertz CT molecular complexity index is 447. The molecule has 1 aromatic carbocycles. The first kappa shape index (κ1) is 9.70. The molecule has 16 heavy (non-hydrogen) atoms. The van der Waals surface area contributed by atoms with Crippen LogP contribution in [0.2, 0.25) is 0 Å². The van der Waals surface area contributed by atoms with Crippen molar-refractivity contribution in [3.8, 4) is 0 Å². The van der Waals surface area contributed by atoms with Crippen molar-refractivity contribution in [3.05, 3.63) is 29.3 Å². The fourth-order valence-corrected chi connectivity index (χ4v) is 2.89. The maximum atomic E-state index is 11.6. The molecule has 1 amide bonds. The highest BCUT2D eigenvalue weighted by Crippen LogP contribution is 2.47. The van der Waals surface area contributed by atoms with Crippen molar-refractivity contribution >= 4 is 11.8 Å². The lowest BCUT2D eigenvalue weighted by Gasteiger charge is -2.36. The second-order valence-corrected chi connectivity index (χ2v) is 4.71. The van der Waals surface area contributed by atoms with E-state index in [9.17, 15) is 4.79 Å². The molecule has 84 valence electrons. The Labute approximate surface area is 94.8 Å². The van der Waals surface area contributed by atoms with Crippen LogP contribution in [0, 0.1) is 6.92 Å². The standard InChI is InChI=1S/C13H15NO2/c1-9-5-4-6-10-11(9)14-12(15)16-13(10)7-2-3-8-13/h4-6H,2-3,7-8H2,1H3,(H,14,15). The van der Waals surface area contributed by atoms with Gasteiger partial charge < -0.3 is 4.74 Å². The van der Waals surface area contributed by atoms with E-state index in [0.717, 1.165) is 42.5 Å². The molecule has 1 aliphatic heterocycles. The van der Waals surface area contributed by atoms with Crippen LogP contribution in [0.1, 0.15) is 36.8 Å². The summed E-state index contributed by atoms with van der Waals surface area (Å²) in [6, 6.07) is 6.13. The number of carbonyl (C=O) groups excluding carboxylic acids is 1. The Hall–Kier alpha value is -1.51. The topological polar surface area (TPSA) is 38.3 Å². The van der Waals surface area contributed by atoms with E-state index in [1.807, 2.05) is 19.1 Å². The molecule has 1 aromatic rings. The molecule has 0 unspecified atom stereocenters. The smallest absolute Gasteiger partial charge is 0.412 e. The molecule has 1 fully saturated rings. The number of anilines is 1. The van der Waals surface area contributed by atoms with Crippen LogP contribution >= 0.6 is 0 Å². The molecule has 1 heterocycles. The van der Waals surface area contributed by atoms with Crippen LogP contribution in [-0.4, -0.2) is 6.09 Å². The monoisotopic (exact) mass is 217 g/mol. The third-order valence-electron chi connectivity index (χ3n) is 3.69. The van der Waals surface area contributed by atoms with Crippen molar-refractivity contribution in [2.75, 3.05) is 5.32 Å². The SMILES string of the molecule is Cc1cccc2c1NC(=O)OC21CCCC1. The minimum absolute atomic E-state index is 0.302. The molecular weight excluding hydrogens is 202 g/mol. The van der Waals surface area contributed by atoms with Gasteiger partial charge in [0.25, 0.3) is 0 Å². The van der Waals surface area contributed by atoms with Gasteiger partial charge in [-0.05, 0) is 38.2 Å². The zero-order valence-corrected chi connectivity index (χ0v) is 9.38. The third-order valence-corrected chi connectivity index (χ3v) is 3.69. The lowest BCUT2D eigenvalue weighted by atomic mass is 9.88. The van der Waals surface area contributed by atoms with Gasteiger partial charge in [0.2, 0.25) is 0 Å². The molecule has 0 radical (unpaired) electrons. The molecule has 0 atom stereocenters. The fraction of sp³-hybridized carbons (Fsp3) is 0.462. The number of rotatable bonds is 0. The lowest BCUT2D eigenvalue weighted by Crippen LogP contribution is -2.37. The van der Waals surface area contributed by atoms with Crippen molar-refractivity contribution in [3.63, 3.8) is 0 Å². The normalized spacial score (nSPS) is 21.4. The molecule has 0 saturated heterocycles. The molecule has 3 rings (SSSR count). The second-order valence-electron chi connectivity index (χ2n) is 4.71. The van der Waals surface area contributed by atoms with E-state index in [0.29, 0.717) is 0 Å². The summed E-state index contributed by atoms with van der Waals surface area (Å²) in [5.74, 6) is 0. The highest BCUT2D eigenvalue weighted by Gasteiger charge is 2.44. The molecule has 1 aliphatic carbocycles. The molecule has 0 aromatic heterocycles. The summed E-state index contributed by atoms with van der Waals surface area (Å²) in [6.07, 6.45) is 3.89. The number of hydrogen-bond donors (Lipinski definition) is 1. The van der Waals surface area contributed by atoms with E-state index in [-0.39, 0.29) is 11.7 Å². The quantitative estimate of drug-likeness (QED) is 0.723. The van der Waals surface area contributed by atoms with Crippen LogP contribution in [0.4, 0.5) is 10.5 Å². The van der Waals surface area contributed by atoms with Gasteiger partial charge in [0.05, 0.1) is 5.69 Å². The first-order valence-corrected chi connectivity index (χ1v) is 5.81. The summed E-state index contributed by atoms with van der Waals surface area (Å²) < 4.78 is 5.57. The molecule has 0 bridgehead atoms. The summed E-state index contributed by atoms with van der Waals surface area (Å²) in [5, 5.41) is 2.82. The number of benzene rings is 1. The maximum absolute atomic E-state index is 11.6. The highest BCUT2D eigenvalue weighted by atomic mass is 16.6. The van der Waals surface area contributed by atoms with Gasteiger partial charge in [0, 0.05) is 5.56 Å². The van der Waals surface area contributed by atoms with Crippen LogP contribution in [-0.2, 0) is 10.3 Å².